The van der Waals surface area contributed by atoms with Crippen molar-refractivity contribution in [1.82, 2.24) is 10.0 Å². The summed E-state index contributed by atoms with van der Waals surface area (Å²) in [5.74, 6) is 2.18. The van der Waals surface area contributed by atoms with Crippen molar-refractivity contribution in [2.45, 2.75) is 45.1 Å². The van der Waals surface area contributed by atoms with E-state index in [2.05, 4.69) is 35.2 Å². The second-order valence-electron chi connectivity index (χ2n) is 7.32. The van der Waals surface area contributed by atoms with Crippen molar-refractivity contribution in [3.8, 4) is 5.75 Å². The molecule has 0 radical (unpaired) electrons. The van der Waals surface area contributed by atoms with Gasteiger partial charge in [0.15, 0.2) is 0 Å². The fourth-order valence-electron chi connectivity index (χ4n) is 2.93. The van der Waals surface area contributed by atoms with Crippen LogP contribution >= 0.6 is 11.9 Å². The van der Waals surface area contributed by atoms with E-state index in [4.69, 9.17) is 4.74 Å². The zero-order valence-electron chi connectivity index (χ0n) is 15.8. The van der Waals surface area contributed by atoms with Crippen LogP contribution in [0.5, 0.6) is 5.75 Å². The second-order valence-corrected chi connectivity index (χ2v) is 8.26. The van der Waals surface area contributed by atoms with E-state index in [0.29, 0.717) is 12.8 Å². The standard InChI is InChI=1S/C21H28N2O3S/c1-15(17-7-5-8-19(12-17)26-14-16-9-10-16)23-27-11-4-2-3-6-18-13-20(24)22-21(18)25/h2-3,5,7-8,12,15-16,18,23H,4,6,9-11,13-14H2,1H3,(H,22,24,25)/b3-2+. The van der Waals surface area contributed by atoms with Crippen LogP contribution < -0.4 is 14.8 Å². The Labute approximate surface area is 165 Å². The molecule has 27 heavy (non-hydrogen) atoms. The van der Waals surface area contributed by atoms with Crippen molar-refractivity contribution in [2.75, 3.05) is 12.4 Å². The lowest BCUT2D eigenvalue weighted by atomic mass is 10.0. The molecule has 1 saturated heterocycles. The van der Waals surface area contributed by atoms with Gasteiger partial charge in [-0.25, -0.2) is 0 Å². The molecule has 6 heteroatoms. The van der Waals surface area contributed by atoms with Gasteiger partial charge in [0.25, 0.3) is 0 Å². The van der Waals surface area contributed by atoms with Gasteiger partial charge < -0.3 is 4.74 Å². The third kappa shape index (κ3) is 6.70. The Kier molecular flexibility index (Phi) is 7.35. The SMILES string of the molecule is CC(NSCC/C=C/CC1CC(=O)NC1=O)c1cccc(OCC2CC2)c1. The third-order valence-electron chi connectivity index (χ3n) is 4.84. The molecule has 5 nitrogen and oxygen atoms in total. The van der Waals surface area contributed by atoms with Crippen molar-refractivity contribution >= 4 is 23.8 Å². The summed E-state index contributed by atoms with van der Waals surface area (Å²) in [5, 5.41) is 2.34. The number of allylic oxidation sites excluding steroid dienone is 2. The summed E-state index contributed by atoms with van der Waals surface area (Å²) in [6.45, 7) is 2.99. The molecule has 1 aliphatic heterocycles. The lowest BCUT2D eigenvalue weighted by Crippen LogP contribution is -2.21. The monoisotopic (exact) mass is 388 g/mol. The highest BCUT2D eigenvalue weighted by molar-refractivity contribution is 7.97. The van der Waals surface area contributed by atoms with Crippen molar-refractivity contribution in [2.24, 2.45) is 11.8 Å². The molecule has 2 fully saturated rings. The lowest BCUT2D eigenvalue weighted by molar-refractivity contribution is -0.125. The minimum Gasteiger partial charge on any atom is -0.493 e. The molecular formula is C21H28N2O3S. The number of ether oxygens (including phenoxy) is 1. The fourth-order valence-corrected chi connectivity index (χ4v) is 3.68. The smallest absolute Gasteiger partial charge is 0.230 e. The van der Waals surface area contributed by atoms with Gasteiger partial charge in [-0.1, -0.05) is 36.2 Å². The van der Waals surface area contributed by atoms with E-state index in [-0.39, 0.29) is 23.8 Å². The van der Waals surface area contributed by atoms with Crippen LogP contribution in [0.1, 0.15) is 50.6 Å². The van der Waals surface area contributed by atoms with Gasteiger partial charge in [-0.15, -0.1) is 0 Å². The molecule has 3 rings (SSSR count). The van der Waals surface area contributed by atoms with E-state index in [1.807, 2.05) is 18.2 Å². The van der Waals surface area contributed by atoms with Gasteiger partial charge in [0.2, 0.25) is 11.8 Å². The molecule has 2 atom stereocenters. The maximum atomic E-state index is 11.5. The maximum absolute atomic E-state index is 11.5. The molecule has 0 bridgehead atoms. The first kappa shape index (κ1) is 20.0. The molecule has 2 N–H and O–H groups in total. The zero-order valence-corrected chi connectivity index (χ0v) is 16.6. The Morgan fingerprint density at radius 2 is 2.19 bits per heavy atom. The number of hydrogen-bond acceptors (Lipinski definition) is 5. The number of nitrogens with one attached hydrogen (secondary N) is 2. The summed E-state index contributed by atoms with van der Waals surface area (Å²) in [5.41, 5.74) is 1.23. The van der Waals surface area contributed by atoms with E-state index in [0.717, 1.165) is 30.4 Å². The highest BCUT2D eigenvalue weighted by atomic mass is 32.2. The van der Waals surface area contributed by atoms with Gasteiger partial charge >= 0.3 is 0 Å². The summed E-state index contributed by atoms with van der Waals surface area (Å²) in [4.78, 5) is 22.6. The molecule has 2 amide bonds. The molecule has 2 unspecified atom stereocenters. The second kappa shape index (κ2) is 9.95. The molecule has 0 spiro atoms. The number of benzene rings is 1. The highest BCUT2D eigenvalue weighted by Gasteiger charge is 2.29. The molecule has 1 saturated carbocycles. The quantitative estimate of drug-likeness (QED) is 0.261. The van der Waals surface area contributed by atoms with Crippen LogP contribution in [0.3, 0.4) is 0 Å². The molecule has 0 aromatic heterocycles. The van der Waals surface area contributed by atoms with Gasteiger partial charge in [0.1, 0.15) is 5.75 Å². The van der Waals surface area contributed by atoms with E-state index < -0.39 is 0 Å². The van der Waals surface area contributed by atoms with Gasteiger partial charge in [0, 0.05) is 18.2 Å². The Morgan fingerprint density at radius 1 is 1.33 bits per heavy atom. The predicted molar refractivity (Wildman–Crippen MR) is 108 cm³/mol. The summed E-state index contributed by atoms with van der Waals surface area (Å²) in [6, 6.07) is 8.56. The zero-order chi connectivity index (χ0) is 19.1. The third-order valence-corrected chi connectivity index (χ3v) is 5.80. The highest BCUT2D eigenvalue weighted by Crippen LogP contribution is 2.30. The van der Waals surface area contributed by atoms with Crippen LogP contribution in [0.2, 0.25) is 0 Å². The van der Waals surface area contributed by atoms with E-state index in [1.165, 1.54) is 18.4 Å². The van der Waals surface area contributed by atoms with Crippen molar-refractivity contribution in [3.63, 3.8) is 0 Å². The van der Waals surface area contributed by atoms with Gasteiger partial charge in [-0.05, 0) is 56.2 Å². The molecule has 2 aliphatic rings. The average molecular weight is 389 g/mol. The van der Waals surface area contributed by atoms with Crippen molar-refractivity contribution in [1.29, 1.82) is 0 Å². The van der Waals surface area contributed by atoms with E-state index in [9.17, 15) is 9.59 Å². The minimum atomic E-state index is -0.186. The van der Waals surface area contributed by atoms with Crippen LogP contribution in [0.4, 0.5) is 0 Å². The summed E-state index contributed by atoms with van der Waals surface area (Å²) in [7, 11) is 0. The summed E-state index contributed by atoms with van der Waals surface area (Å²) in [6.07, 6.45) is 8.58. The first-order valence-corrected chi connectivity index (χ1v) is 10.7. The van der Waals surface area contributed by atoms with Crippen LogP contribution in [0, 0.1) is 11.8 Å². The molecule has 1 heterocycles. The molecule has 1 aliphatic carbocycles. The van der Waals surface area contributed by atoms with Crippen LogP contribution in [-0.4, -0.2) is 24.2 Å². The largest absolute Gasteiger partial charge is 0.493 e. The average Bonchev–Trinajstić information content (AvgIpc) is 3.43. The molecule has 1 aromatic carbocycles. The lowest BCUT2D eigenvalue weighted by Gasteiger charge is -2.14. The summed E-state index contributed by atoms with van der Waals surface area (Å²) < 4.78 is 9.32. The van der Waals surface area contributed by atoms with Crippen LogP contribution in [0.25, 0.3) is 0 Å². The van der Waals surface area contributed by atoms with E-state index in [1.54, 1.807) is 11.9 Å². The Hall–Kier alpha value is -1.79. The van der Waals surface area contributed by atoms with E-state index >= 15 is 0 Å². The van der Waals surface area contributed by atoms with Crippen molar-refractivity contribution < 1.29 is 14.3 Å². The first-order chi connectivity index (χ1) is 13.1. The fraction of sp³-hybridized carbons (Fsp3) is 0.524. The van der Waals surface area contributed by atoms with Gasteiger partial charge in [0.05, 0.1) is 12.5 Å². The van der Waals surface area contributed by atoms with Gasteiger partial charge in [-0.3, -0.25) is 19.6 Å². The Morgan fingerprint density at radius 3 is 2.93 bits per heavy atom. The molecule has 146 valence electrons. The minimum absolute atomic E-state index is 0.141. The number of carbonyl (C=O) groups is 2. The van der Waals surface area contributed by atoms with Crippen LogP contribution in [0.15, 0.2) is 36.4 Å². The Bertz CT molecular complexity index is 688. The predicted octanol–water partition coefficient (Wildman–Crippen LogP) is 3.77. The molecular weight excluding hydrogens is 360 g/mol. The van der Waals surface area contributed by atoms with Crippen LogP contribution in [-0.2, 0) is 9.59 Å². The number of carbonyl (C=O) groups excluding carboxylic acids is 2. The summed E-state index contributed by atoms with van der Waals surface area (Å²) >= 11 is 1.70. The number of imide groups is 1. The topological polar surface area (TPSA) is 67.4 Å². The molecule has 1 aromatic rings. The maximum Gasteiger partial charge on any atom is 0.230 e. The normalized spacial score (nSPS) is 20.9. The first-order valence-electron chi connectivity index (χ1n) is 9.70. The number of rotatable bonds is 11. The van der Waals surface area contributed by atoms with Gasteiger partial charge in [-0.2, -0.15) is 0 Å². The number of amides is 2. The van der Waals surface area contributed by atoms with Crippen molar-refractivity contribution in [3.05, 3.63) is 42.0 Å². The number of hydrogen-bond donors (Lipinski definition) is 2. The Balaban J connectivity index is 1.30.